The topological polar surface area (TPSA) is 193 Å². The van der Waals surface area contributed by atoms with Crippen molar-refractivity contribution in [1.82, 2.24) is 5.32 Å². The molecule has 0 aliphatic carbocycles. The number of aliphatic hydroxyl groups is 4. The molecule has 2 saturated heterocycles. The highest BCUT2D eigenvalue weighted by molar-refractivity contribution is 5.74. The van der Waals surface area contributed by atoms with Gasteiger partial charge in [0, 0.05) is 6.92 Å². The van der Waals surface area contributed by atoms with Gasteiger partial charge in [-0.3, -0.25) is 4.79 Å². The maximum absolute atomic E-state index is 11.9. The molecule has 2 aliphatic rings. The Kier molecular flexibility index (Phi) is 9.64. The van der Waals surface area contributed by atoms with Crippen molar-refractivity contribution in [2.45, 2.75) is 121 Å². The fourth-order valence-corrected chi connectivity index (χ4v) is 3.91. The van der Waals surface area contributed by atoms with Gasteiger partial charge in [0.05, 0.1) is 17.8 Å². The second kappa shape index (κ2) is 11.3. The van der Waals surface area contributed by atoms with Gasteiger partial charge in [-0.2, -0.15) is 0 Å². The van der Waals surface area contributed by atoms with Crippen LogP contribution in [0.1, 0.15) is 48.5 Å². The summed E-state index contributed by atoms with van der Waals surface area (Å²) in [4.78, 5) is 23.8. The Labute approximate surface area is 204 Å². The zero-order valence-corrected chi connectivity index (χ0v) is 21.1. The lowest BCUT2D eigenvalue weighted by Crippen LogP contribution is -2.69. The summed E-state index contributed by atoms with van der Waals surface area (Å²) in [5.41, 5.74) is -1.63. The number of nitrogens with one attached hydrogen (secondary N) is 1. The fourth-order valence-electron chi connectivity index (χ4n) is 3.91. The van der Waals surface area contributed by atoms with Gasteiger partial charge in [-0.1, -0.05) is 0 Å². The summed E-state index contributed by atoms with van der Waals surface area (Å²) in [6.07, 6.45) is -13.7. The maximum atomic E-state index is 11.9. The van der Waals surface area contributed by atoms with Crippen molar-refractivity contribution in [3.8, 4) is 0 Å². The Morgan fingerprint density at radius 2 is 1.43 bits per heavy atom. The van der Waals surface area contributed by atoms with E-state index in [1.165, 1.54) is 6.92 Å². The van der Waals surface area contributed by atoms with E-state index >= 15 is 0 Å². The number of carboxylic acids is 1. The van der Waals surface area contributed by atoms with Crippen LogP contribution in [-0.2, 0) is 33.3 Å². The molecule has 13 heteroatoms. The van der Waals surface area contributed by atoms with Crippen LogP contribution in [0, 0.1) is 0 Å². The van der Waals surface area contributed by atoms with Crippen molar-refractivity contribution in [3.05, 3.63) is 0 Å². The second-order valence-electron chi connectivity index (χ2n) is 10.7. The fraction of sp³-hybridized carbons (Fsp3) is 0.909. The molecule has 2 aliphatic heterocycles. The first-order valence-corrected chi connectivity index (χ1v) is 11.4. The number of carbonyl (C=O) groups excluding carboxylic acids is 1. The van der Waals surface area contributed by atoms with Crippen molar-refractivity contribution in [2.24, 2.45) is 0 Å². The van der Waals surface area contributed by atoms with Crippen molar-refractivity contribution < 1.29 is 58.8 Å². The quantitative estimate of drug-likeness (QED) is 0.233. The molecule has 0 aromatic heterocycles. The van der Waals surface area contributed by atoms with Gasteiger partial charge in [0.25, 0.3) is 0 Å². The van der Waals surface area contributed by atoms with Crippen LogP contribution in [0.15, 0.2) is 0 Å². The van der Waals surface area contributed by atoms with Crippen molar-refractivity contribution in [1.29, 1.82) is 0 Å². The van der Waals surface area contributed by atoms with Crippen LogP contribution in [0.3, 0.4) is 0 Å². The van der Waals surface area contributed by atoms with Gasteiger partial charge in [-0.15, -0.1) is 0 Å². The molecule has 1 amide bonds. The molecular weight excluding hydrogens is 470 g/mol. The molecule has 2 heterocycles. The lowest BCUT2D eigenvalue weighted by atomic mass is 9.94. The maximum Gasteiger partial charge on any atom is 0.335 e. The molecule has 10 atom stereocenters. The van der Waals surface area contributed by atoms with Gasteiger partial charge in [0.1, 0.15) is 42.7 Å². The molecule has 0 aromatic rings. The zero-order valence-electron chi connectivity index (χ0n) is 21.1. The van der Waals surface area contributed by atoms with Gasteiger partial charge in [-0.25, -0.2) is 4.79 Å². The summed E-state index contributed by atoms with van der Waals surface area (Å²) < 4.78 is 28.4. The number of aliphatic carboxylic acids is 1. The van der Waals surface area contributed by atoms with E-state index in [1.807, 2.05) is 0 Å². The molecule has 2 rings (SSSR count). The molecular formula is C22H39NO12. The van der Waals surface area contributed by atoms with E-state index < -0.39 is 91.0 Å². The largest absolute Gasteiger partial charge is 0.479 e. The monoisotopic (exact) mass is 509 g/mol. The Morgan fingerprint density at radius 3 is 1.89 bits per heavy atom. The smallest absolute Gasteiger partial charge is 0.335 e. The molecule has 0 saturated carbocycles. The van der Waals surface area contributed by atoms with Crippen LogP contribution in [0.2, 0.25) is 0 Å². The number of ether oxygens (including phenoxy) is 5. The average Bonchev–Trinajstić information content (AvgIpc) is 2.69. The summed E-state index contributed by atoms with van der Waals surface area (Å²) in [6.45, 7) is 10.7. The lowest BCUT2D eigenvalue weighted by Gasteiger charge is -2.48. The minimum Gasteiger partial charge on any atom is -0.479 e. The number of aliphatic hydroxyl groups excluding tert-OH is 4. The predicted molar refractivity (Wildman–Crippen MR) is 118 cm³/mol. The molecule has 0 spiro atoms. The third-order valence-corrected chi connectivity index (χ3v) is 5.26. The Morgan fingerprint density at radius 1 is 0.857 bits per heavy atom. The van der Waals surface area contributed by atoms with E-state index in [9.17, 15) is 35.1 Å². The summed E-state index contributed by atoms with van der Waals surface area (Å²) in [5, 5.41) is 54.2. The van der Waals surface area contributed by atoms with Gasteiger partial charge >= 0.3 is 5.97 Å². The van der Waals surface area contributed by atoms with Gasteiger partial charge in [0.15, 0.2) is 18.7 Å². The highest BCUT2D eigenvalue weighted by atomic mass is 16.7. The van der Waals surface area contributed by atoms with E-state index in [-0.39, 0.29) is 0 Å². The Balaban J connectivity index is 2.37. The summed E-state index contributed by atoms with van der Waals surface area (Å²) in [6, 6.07) is -1.15. The summed E-state index contributed by atoms with van der Waals surface area (Å²) in [7, 11) is 0. The third-order valence-electron chi connectivity index (χ3n) is 5.26. The minimum atomic E-state index is -1.78. The predicted octanol–water partition coefficient (Wildman–Crippen LogP) is -1.52. The number of rotatable bonds is 7. The molecule has 204 valence electrons. The summed E-state index contributed by atoms with van der Waals surface area (Å²) in [5.74, 6) is -1.98. The second-order valence-corrected chi connectivity index (χ2v) is 10.7. The van der Waals surface area contributed by atoms with E-state index in [0.29, 0.717) is 0 Å². The SMILES string of the molecule is CC(=O)N[C@H]1C(OC(C)(C)C)O[C@H](CO)[C@@H](O)[C@@H]1OC1OC(C(=O)O)[C@@H](OC(C)(C)C)[C@H](O)[C@H]1O. The molecule has 13 nitrogen and oxygen atoms in total. The van der Waals surface area contributed by atoms with E-state index in [1.54, 1.807) is 41.5 Å². The molecule has 35 heavy (non-hydrogen) atoms. The first-order valence-electron chi connectivity index (χ1n) is 11.4. The molecule has 0 bridgehead atoms. The average molecular weight is 510 g/mol. The Hall–Kier alpha value is -1.42. The summed E-state index contributed by atoms with van der Waals surface area (Å²) >= 11 is 0. The molecule has 6 N–H and O–H groups in total. The van der Waals surface area contributed by atoms with Crippen molar-refractivity contribution in [3.63, 3.8) is 0 Å². The minimum absolute atomic E-state index is 0.517. The standard InChI is InChI=1S/C22H39NO12/c1-9(25)23-11-15(12(26)10(8-24)31-19(11)35-22(5,6)7)32-20-14(28)13(27)16(34-21(2,3)4)17(33-20)18(29)30/h10-17,19-20,24,26-28H,8H2,1-7H3,(H,23,25)(H,29,30)/t10-,11-,12-,13-,14-,15-,16+,17?,19?,20?/m1/s1. The number of carbonyl (C=O) groups is 2. The van der Waals surface area contributed by atoms with Crippen LogP contribution >= 0.6 is 0 Å². The number of amides is 1. The van der Waals surface area contributed by atoms with Crippen LogP contribution < -0.4 is 5.32 Å². The first-order chi connectivity index (χ1) is 15.9. The van der Waals surface area contributed by atoms with Crippen LogP contribution in [-0.4, -0.2) is 117 Å². The van der Waals surface area contributed by atoms with Gasteiger partial charge in [-0.05, 0) is 41.5 Å². The van der Waals surface area contributed by atoms with E-state index in [4.69, 9.17) is 23.7 Å². The number of carboxylic acid groups (broad SMARTS) is 1. The Bertz CT molecular complexity index is 735. The first kappa shape index (κ1) is 29.8. The van der Waals surface area contributed by atoms with Crippen molar-refractivity contribution >= 4 is 11.9 Å². The molecule has 2 fully saturated rings. The highest BCUT2D eigenvalue weighted by Crippen LogP contribution is 2.33. The normalized spacial score (nSPS) is 38.7. The van der Waals surface area contributed by atoms with Crippen LogP contribution in [0.5, 0.6) is 0 Å². The molecule has 0 aromatic carbocycles. The lowest BCUT2D eigenvalue weighted by molar-refractivity contribution is -0.352. The van der Waals surface area contributed by atoms with E-state index in [2.05, 4.69) is 5.32 Å². The molecule has 3 unspecified atom stereocenters. The van der Waals surface area contributed by atoms with Crippen LogP contribution in [0.25, 0.3) is 0 Å². The number of hydrogen-bond acceptors (Lipinski definition) is 11. The van der Waals surface area contributed by atoms with Gasteiger partial charge < -0.3 is 54.5 Å². The zero-order chi connectivity index (χ0) is 26.9. The third kappa shape index (κ3) is 7.78. The van der Waals surface area contributed by atoms with Crippen molar-refractivity contribution in [2.75, 3.05) is 6.61 Å². The number of hydrogen-bond donors (Lipinski definition) is 6. The van der Waals surface area contributed by atoms with Gasteiger partial charge in [0.2, 0.25) is 5.91 Å². The highest BCUT2D eigenvalue weighted by Gasteiger charge is 2.54. The van der Waals surface area contributed by atoms with E-state index in [0.717, 1.165) is 0 Å². The van der Waals surface area contributed by atoms with Crippen LogP contribution in [0.4, 0.5) is 0 Å². The molecule has 0 radical (unpaired) electrons.